The monoisotopic (exact) mass is 330 g/mol. The van der Waals surface area contributed by atoms with Gasteiger partial charge < -0.3 is 10.3 Å². The Morgan fingerprint density at radius 2 is 1.68 bits per heavy atom. The number of rotatable bonds is 3. The molecule has 1 aliphatic rings. The average Bonchev–Trinajstić information content (AvgIpc) is 2.65. The Labute approximate surface area is 147 Å². The lowest BCUT2D eigenvalue weighted by molar-refractivity contribution is 0.335. The molecule has 3 aromatic rings. The minimum atomic E-state index is 0.00739. The molecular formula is C22H22N2O. The molecular weight excluding hydrogens is 308 g/mol. The van der Waals surface area contributed by atoms with Crippen molar-refractivity contribution in [2.75, 3.05) is 0 Å². The van der Waals surface area contributed by atoms with Gasteiger partial charge in [0.1, 0.15) is 0 Å². The van der Waals surface area contributed by atoms with Gasteiger partial charge >= 0.3 is 0 Å². The maximum Gasteiger partial charge on any atom is 0.251 e. The molecule has 0 fully saturated rings. The fraction of sp³-hybridized carbons (Fsp3) is 0.227. The summed E-state index contributed by atoms with van der Waals surface area (Å²) < 4.78 is 1.91. The van der Waals surface area contributed by atoms with Crippen LogP contribution in [0.4, 0.5) is 0 Å². The highest BCUT2D eigenvalue weighted by atomic mass is 16.1. The van der Waals surface area contributed by atoms with E-state index in [1.165, 1.54) is 16.7 Å². The summed E-state index contributed by atoms with van der Waals surface area (Å²) in [6.07, 6.45) is 2.57. The van der Waals surface area contributed by atoms with Crippen molar-refractivity contribution in [3.63, 3.8) is 0 Å². The van der Waals surface area contributed by atoms with Gasteiger partial charge in [0, 0.05) is 17.8 Å². The van der Waals surface area contributed by atoms with Crippen LogP contribution in [-0.4, -0.2) is 10.6 Å². The van der Waals surface area contributed by atoms with Crippen LogP contribution in [-0.2, 0) is 12.8 Å². The van der Waals surface area contributed by atoms with E-state index in [9.17, 15) is 4.79 Å². The largest absolute Gasteiger partial charge is 0.326 e. The summed E-state index contributed by atoms with van der Waals surface area (Å²) in [5.74, 6) is 0. The molecule has 0 bridgehead atoms. The van der Waals surface area contributed by atoms with Gasteiger partial charge in [-0.15, -0.1) is 0 Å². The van der Waals surface area contributed by atoms with Crippen LogP contribution in [0.15, 0.2) is 77.6 Å². The van der Waals surface area contributed by atoms with E-state index in [2.05, 4.69) is 48.5 Å². The third-order valence-electron chi connectivity index (χ3n) is 5.11. The molecule has 2 heterocycles. The normalized spacial score (nSPS) is 19.4. The first kappa shape index (κ1) is 15.9. The summed E-state index contributed by atoms with van der Waals surface area (Å²) in [7, 11) is 0. The molecule has 2 atom stereocenters. The minimum absolute atomic E-state index is 0.00739. The SMILES string of the molecule is NC1CCc2cccc(=O)n2C1Cc1cccc(-c2ccccc2)c1. The molecule has 4 rings (SSSR count). The molecule has 0 spiro atoms. The zero-order valence-corrected chi connectivity index (χ0v) is 14.1. The molecule has 1 aromatic heterocycles. The molecule has 0 radical (unpaired) electrons. The first-order valence-corrected chi connectivity index (χ1v) is 8.83. The predicted molar refractivity (Wildman–Crippen MR) is 102 cm³/mol. The fourth-order valence-corrected chi connectivity index (χ4v) is 3.81. The van der Waals surface area contributed by atoms with E-state index >= 15 is 0 Å². The molecule has 0 saturated heterocycles. The molecule has 2 unspecified atom stereocenters. The zero-order chi connectivity index (χ0) is 17.2. The van der Waals surface area contributed by atoms with Crippen molar-refractivity contribution in [3.8, 4) is 11.1 Å². The average molecular weight is 330 g/mol. The summed E-state index contributed by atoms with van der Waals surface area (Å²) in [5.41, 5.74) is 11.2. The van der Waals surface area contributed by atoms with Crippen molar-refractivity contribution in [1.29, 1.82) is 0 Å². The number of fused-ring (bicyclic) bond motifs is 1. The number of nitrogens with two attached hydrogens (primary N) is 1. The van der Waals surface area contributed by atoms with Gasteiger partial charge in [0.2, 0.25) is 0 Å². The first-order valence-electron chi connectivity index (χ1n) is 8.83. The third kappa shape index (κ3) is 3.15. The molecule has 126 valence electrons. The second kappa shape index (κ2) is 6.69. The fourth-order valence-electron chi connectivity index (χ4n) is 3.81. The van der Waals surface area contributed by atoms with Crippen molar-refractivity contribution in [3.05, 3.63) is 94.4 Å². The van der Waals surface area contributed by atoms with Crippen LogP contribution in [0, 0.1) is 0 Å². The lowest BCUT2D eigenvalue weighted by Crippen LogP contribution is -2.43. The Hall–Kier alpha value is -2.65. The summed E-state index contributed by atoms with van der Waals surface area (Å²) >= 11 is 0. The maximum absolute atomic E-state index is 12.4. The first-order chi connectivity index (χ1) is 12.2. The maximum atomic E-state index is 12.4. The molecule has 0 amide bonds. The van der Waals surface area contributed by atoms with Crippen molar-refractivity contribution >= 4 is 0 Å². The molecule has 3 heteroatoms. The van der Waals surface area contributed by atoms with Crippen LogP contribution >= 0.6 is 0 Å². The summed E-state index contributed by atoms with van der Waals surface area (Å²) in [6, 6.07) is 24.5. The van der Waals surface area contributed by atoms with Gasteiger partial charge in [0.15, 0.2) is 0 Å². The Kier molecular flexibility index (Phi) is 4.24. The van der Waals surface area contributed by atoms with E-state index in [0.717, 1.165) is 25.0 Å². The Morgan fingerprint density at radius 1 is 0.920 bits per heavy atom. The molecule has 25 heavy (non-hydrogen) atoms. The van der Waals surface area contributed by atoms with Crippen molar-refractivity contribution in [2.24, 2.45) is 5.73 Å². The number of hydrogen-bond acceptors (Lipinski definition) is 2. The number of aromatic nitrogens is 1. The lowest BCUT2D eigenvalue weighted by atomic mass is 9.90. The zero-order valence-electron chi connectivity index (χ0n) is 14.1. The van der Waals surface area contributed by atoms with Gasteiger partial charge in [-0.05, 0) is 42.0 Å². The standard InChI is InChI=1S/C22H22N2O/c23-20-13-12-19-10-5-11-22(25)24(19)21(20)15-16-6-4-9-18(14-16)17-7-2-1-3-8-17/h1-11,14,20-21H,12-13,15,23H2. The lowest BCUT2D eigenvalue weighted by Gasteiger charge is -2.33. The van der Waals surface area contributed by atoms with Crippen LogP contribution in [0.2, 0.25) is 0 Å². The van der Waals surface area contributed by atoms with Gasteiger partial charge in [-0.2, -0.15) is 0 Å². The Balaban J connectivity index is 1.68. The number of aryl methyl sites for hydroxylation is 1. The summed E-state index contributed by atoms with van der Waals surface area (Å²) in [6.45, 7) is 0. The van der Waals surface area contributed by atoms with Crippen molar-refractivity contribution in [2.45, 2.75) is 31.3 Å². The van der Waals surface area contributed by atoms with E-state index in [4.69, 9.17) is 5.73 Å². The molecule has 3 nitrogen and oxygen atoms in total. The van der Waals surface area contributed by atoms with Crippen LogP contribution in [0.25, 0.3) is 11.1 Å². The van der Waals surface area contributed by atoms with Crippen LogP contribution in [0.5, 0.6) is 0 Å². The summed E-state index contributed by atoms with van der Waals surface area (Å²) in [5, 5.41) is 0. The number of nitrogens with zero attached hydrogens (tertiary/aromatic N) is 1. The Morgan fingerprint density at radius 3 is 2.52 bits per heavy atom. The molecule has 2 aromatic carbocycles. The van der Waals surface area contributed by atoms with Gasteiger partial charge in [-0.25, -0.2) is 0 Å². The van der Waals surface area contributed by atoms with E-state index in [0.29, 0.717) is 0 Å². The minimum Gasteiger partial charge on any atom is -0.326 e. The van der Waals surface area contributed by atoms with Crippen LogP contribution in [0.1, 0.15) is 23.7 Å². The second-order valence-electron chi connectivity index (χ2n) is 6.77. The highest BCUT2D eigenvalue weighted by Crippen LogP contribution is 2.27. The van der Waals surface area contributed by atoms with Crippen molar-refractivity contribution < 1.29 is 0 Å². The van der Waals surface area contributed by atoms with Gasteiger partial charge in [-0.3, -0.25) is 4.79 Å². The molecule has 0 aliphatic carbocycles. The van der Waals surface area contributed by atoms with E-state index in [1.54, 1.807) is 6.07 Å². The quantitative estimate of drug-likeness (QED) is 0.798. The van der Waals surface area contributed by atoms with Crippen LogP contribution in [0.3, 0.4) is 0 Å². The number of hydrogen-bond donors (Lipinski definition) is 1. The number of pyridine rings is 1. The van der Waals surface area contributed by atoms with E-state index in [-0.39, 0.29) is 17.6 Å². The van der Waals surface area contributed by atoms with E-state index < -0.39 is 0 Å². The van der Waals surface area contributed by atoms with Gasteiger partial charge in [0.25, 0.3) is 5.56 Å². The Bertz CT molecular complexity index is 930. The summed E-state index contributed by atoms with van der Waals surface area (Å²) in [4.78, 5) is 12.4. The number of benzene rings is 2. The van der Waals surface area contributed by atoms with Crippen LogP contribution < -0.4 is 11.3 Å². The van der Waals surface area contributed by atoms with Gasteiger partial charge in [0.05, 0.1) is 6.04 Å². The highest BCUT2D eigenvalue weighted by molar-refractivity contribution is 5.63. The molecule has 1 aliphatic heterocycles. The van der Waals surface area contributed by atoms with E-state index in [1.807, 2.05) is 22.8 Å². The third-order valence-corrected chi connectivity index (χ3v) is 5.11. The predicted octanol–water partition coefficient (Wildman–Crippen LogP) is 3.57. The topological polar surface area (TPSA) is 48.0 Å². The smallest absolute Gasteiger partial charge is 0.251 e. The second-order valence-corrected chi connectivity index (χ2v) is 6.77. The highest BCUT2D eigenvalue weighted by Gasteiger charge is 2.27. The van der Waals surface area contributed by atoms with Gasteiger partial charge in [-0.1, -0.05) is 60.7 Å². The van der Waals surface area contributed by atoms with Crippen molar-refractivity contribution in [1.82, 2.24) is 4.57 Å². The molecule has 0 saturated carbocycles. The molecule has 2 N–H and O–H groups in total.